The lowest BCUT2D eigenvalue weighted by atomic mass is 9.91. The average molecular weight is 548 g/mol. The number of aromatic nitrogens is 2. The SMILES string of the molecule is O=S(O)C(c1ccccn1)N1CCC(C2NC(c3ccccn3)=CN2C2(Cc3ccccc3)COCO2)CC1. The smallest absolute Gasteiger partial charge is 0.177 e. The largest absolute Gasteiger partial charge is 0.362 e. The molecule has 1 aromatic carbocycles. The molecule has 2 aromatic heterocycles. The quantitative estimate of drug-likeness (QED) is 0.410. The molecule has 0 spiro atoms. The van der Waals surface area contributed by atoms with Crippen molar-refractivity contribution in [1.29, 1.82) is 0 Å². The first-order valence-electron chi connectivity index (χ1n) is 13.3. The van der Waals surface area contributed by atoms with E-state index in [1.165, 1.54) is 5.56 Å². The topological polar surface area (TPSA) is 100 Å². The molecule has 2 N–H and O–H groups in total. The second-order valence-electron chi connectivity index (χ2n) is 10.2. The summed E-state index contributed by atoms with van der Waals surface area (Å²) in [5, 5.41) is 3.12. The van der Waals surface area contributed by atoms with Crippen molar-refractivity contribution in [3.8, 4) is 0 Å². The van der Waals surface area contributed by atoms with Crippen molar-refractivity contribution in [2.24, 2.45) is 5.92 Å². The number of pyridine rings is 2. The Morgan fingerprint density at radius 2 is 1.77 bits per heavy atom. The van der Waals surface area contributed by atoms with Crippen LogP contribution < -0.4 is 5.32 Å². The van der Waals surface area contributed by atoms with Gasteiger partial charge in [0.1, 0.15) is 13.0 Å². The van der Waals surface area contributed by atoms with Gasteiger partial charge in [0, 0.05) is 44.0 Å². The van der Waals surface area contributed by atoms with E-state index in [0.29, 0.717) is 31.8 Å². The van der Waals surface area contributed by atoms with Crippen LogP contribution in [-0.2, 0) is 27.0 Å². The molecular weight excluding hydrogens is 514 g/mol. The summed E-state index contributed by atoms with van der Waals surface area (Å²) in [5.74, 6) is 0.270. The first-order valence-corrected chi connectivity index (χ1v) is 14.5. The summed E-state index contributed by atoms with van der Waals surface area (Å²) in [6.07, 6.45) is 7.94. The van der Waals surface area contributed by atoms with E-state index in [4.69, 9.17) is 9.47 Å². The minimum Gasteiger partial charge on any atom is -0.362 e. The maximum absolute atomic E-state index is 12.3. The summed E-state index contributed by atoms with van der Waals surface area (Å²) in [4.78, 5) is 13.3. The molecular formula is C29H33N5O4S. The Hall–Kier alpha value is -3.15. The van der Waals surface area contributed by atoms with Crippen molar-refractivity contribution < 1.29 is 18.2 Å². The van der Waals surface area contributed by atoms with E-state index in [2.05, 4.69) is 43.4 Å². The van der Waals surface area contributed by atoms with Gasteiger partial charge in [-0.3, -0.25) is 14.9 Å². The lowest BCUT2D eigenvalue weighted by molar-refractivity contribution is -0.120. The Bertz CT molecular complexity index is 1280. The van der Waals surface area contributed by atoms with Crippen LogP contribution in [0.4, 0.5) is 0 Å². The number of hydrogen-bond donors (Lipinski definition) is 2. The highest BCUT2D eigenvalue weighted by Crippen LogP contribution is 2.39. The molecule has 3 aliphatic rings. The number of benzene rings is 1. The van der Waals surface area contributed by atoms with E-state index >= 15 is 0 Å². The van der Waals surface area contributed by atoms with Crippen LogP contribution in [0.3, 0.4) is 0 Å². The van der Waals surface area contributed by atoms with Crippen molar-refractivity contribution in [2.75, 3.05) is 26.5 Å². The molecule has 2 saturated heterocycles. The van der Waals surface area contributed by atoms with Gasteiger partial charge >= 0.3 is 0 Å². The zero-order chi connectivity index (χ0) is 26.7. The molecule has 204 valence electrons. The van der Waals surface area contributed by atoms with Crippen LogP contribution in [-0.4, -0.2) is 66.9 Å². The van der Waals surface area contributed by atoms with Gasteiger partial charge in [0.15, 0.2) is 22.2 Å². The predicted octanol–water partition coefficient (Wildman–Crippen LogP) is 3.58. The second kappa shape index (κ2) is 11.5. The molecule has 4 unspecified atom stereocenters. The number of hydrogen-bond acceptors (Lipinski definition) is 8. The van der Waals surface area contributed by atoms with Gasteiger partial charge in [0.2, 0.25) is 0 Å². The molecule has 0 aliphatic carbocycles. The van der Waals surface area contributed by atoms with Gasteiger partial charge in [-0.1, -0.05) is 42.5 Å². The van der Waals surface area contributed by atoms with Gasteiger partial charge in [-0.25, -0.2) is 4.21 Å². The maximum Gasteiger partial charge on any atom is 0.177 e. The summed E-state index contributed by atoms with van der Waals surface area (Å²) in [6, 6.07) is 21.8. The molecule has 6 rings (SSSR count). The van der Waals surface area contributed by atoms with Crippen LogP contribution in [0.2, 0.25) is 0 Å². The van der Waals surface area contributed by atoms with Crippen LogP contribution in [0.5, 0.6) is 0 Å². The van der Waals surface area contributed by atoms with Crippen molar-refractivity contribution in [3.63, 3.8) is 0 Å². The highest BCUT2D eigenvalue weighted by atomic mass is 32.2. The molecule has 0 radical (unpaired) electrons. The minimum atomic E-state index is -2.05. The molecule has 2 fully saturated rings. The highest BCUT2D eigenvalue weighted by molar-refractivity contribution is 7.79. The molecule has 5 heterocycles. The van der Waals surface area contributed by atoms with Crippen LogP contribution >= 0.6 is 0 Å². The molecule has 39 heavy (non-hydrogen) atoms. The number of piperidine rings is 1. The molecule has 10 heteroatoms. The van der Waals surface area contributed by atoms with Gasteiger partial charge in [0.05, 0.1) is 23.7 Å². The van der Waals surface area contributed by atoms with Crippen molar-refractivity contribution in [3.05, 3.63) is 102 Å². The number of nitrogens with zero attached hydrogens (tertiary/aromatic N) is 4. The zero-order valence-electron chi connectivity index (χ0n) is 21.6. The molecule has 0 saturated carbocycles. The first-order chi connectivity index (χ1) is 19.1. The molecule has 0 bridgehead atoms. The van der Waals surface area contributed by atoms with E-state index in [1.807, 2.05) is 54.6 Å². The first kappa shape index (κ1) is 26.1. The standard InChI is InChI=1S/C29H33N5O4S/c35-39(36)28(25-11-5-7-15-31-25)33-16-12-23(13-17-33)27-32-26(24-10-4-6-14-30-24)19-34(27)29(20-37-21-38-29)18-22-8-2-1-3-9-22/h1-11,14-15,19,23,27-28,32H,12-13,16-18,20-21H2,(H,35,36). The third kappa shape index (κ3) is 5.48. The van der Waals surface area contributed by atoms with Crippen LogP contribution in [0.25, 0.3) is 5.70 Å². The maximum atomic E-state index is 12.3. The summed E-state index contributed by atoms with van der Waals surface area (Å²) in [5.41, 5.74) is 2.97. The van der Waals surface area contributed by atoms with Crippen molar-refractivity contribution >= 4 is 16.8 Å². The van der Waals surface area contributed by atoms with Gasteiger partial charge in [-0.2, -0.15) is 0 Å². The van der Waals surface area contributed by atoms with Crippen LogP contribution in [0.15, 0.2) is 85.3 Å². The van der Waals surface area contributed by atoms with E-state index < -0.39 is 22.2 Å². The fourth-order valence-corrected chi connectivity index (χ4v) is 6.74. The fourth-order valence-electron chi connectivity index (χ4n) is 5.92. The van der Waals surface area contributed by atoms with Crippen LogP contribution in [0, 0.1) is 5.92 Å². The van der Waals surface area contributed by atoms with Gasteiger partial charge < -0.3 is 24.2 Å². The molecule has 4 atom stereocenters. The van der Waals surface area contributed by atoms with Crippen LogP contribution in [0.1, 0.15) is 35.2 Å². The minimum absolute atomic E-state index is 0.0394. The summed E-state index contributed by atoms with van der Waals surface area (Å²) < 4.78 is 34.7. The van der Waals surface area contributed by atoms with Crippen molar-refractivity contribution in [2.45, 2.75) is 36.5 Å². The van der Waals surface area contributed by atoms with Crippen molar-refractivity contribution in [1.82, 2.24) is 25.1 Å². The number of ether oxygens (including phenoxy) is 2. The van der Waals surface area contributed by atoms with Gasteiger partial charge in [-0.15, -0.1) is 0 Å². The Morgan fingerprint density at radius 1 is 1.03 bits per heavy atom. The zero-order valence-corrected chi connectivity index (χ0v) is 22.5. The number of rotatable bonds is 8. The Kier molecular flexibility index (Phi) is 7.71. The Labute approximate surface area is 231 Å². The second-order valence-corrected chi connectivity index (χ2v) is 11.2. The van der Waals surface area contributed by atoms with E-state index in [-0.39, 0.29) is 18.9 Å². The number of nitrogens with one attached hydrogen (secondary N) is 1. The average Bonchev–Trinajstić information content (AvgIpc) is 3.64. The Balaban J connectivity index is 1.26. The fraction of sp³-hybridized carbons (Fsp3) is 0.379. The monoisotopic (exact) mass is 547 g/mol. The molecule has 0 amide bonds. The van der Waals surface area contributed by atoms with Gasteiger partial charge in [-0.05, 0) is 42.7 Å². The molecule has 3 aliphatic heterocycles. The Morgan fingerprint density at radius 3 is 2.41 bits per heavy atom. The third-order valence-corrected chi connectivity index (χ3v) is 8.75. The predicted molar refractivity (Wildman–Crippen MR) is 148 cm³/mol. The molecule has 9 nitrogen and oxygen atoms in total. The summed E-state index contributed by atoms with van der Waals surface area (Å²) in [7, 11) is 0. The van der Waals surface area contributed by atoms with E-state index in [9.17, 15) is 8.76 Å². The molecule has 3 aromatic rings. The van der Waals surface area contributed by atoms with E-state index in [0.717, 1.165) is 24.2 Å². The van der Waals surface area contributed by atoms with E-state index in [1.54, 1.807) is 12.4 Å². The lowest BCUT2D eigenvalue weighted by Gasteiger charge is -2.45. The normalized spacial score (nSPS) is 25.7. The summed E-state index contributed by atoms with van der Waals surface area (Å²) in [6.45, 7) is 2.07. The lowest BCUT2D eigenvalue weighted by Crippen LogP contribution is -2.58. The number of likely N-dealkylation sites (tertiary alicyclic amines) is 1. The highest BCUT2D eigenvalue weighted by Gasteiger charge is 2.49. The van der Waals surface area contributed by atoms with Gasteiger partial charge in [0.25, 0.3) is 0 Å². The summed E-state index contributed by atoms with van der Waals surface area (Å²) >= 11 is -2.05. The third-order valence-electron chi connectivity index (χ3n) is 7.83.